The van der Waals surface area contributed by atoms with Crippen LogP contribution in [0.1, 0.15) is 55.4 Å². The summed E-state index contributed by atoms with van der Waals surface area (Å²) in [7, 11) is 1.55. The third kappa shape index (κ3) is 5.11. The Hall–Kier alpha value is -3.48. The van der Waals surface area contributed by atoms with Crippen LogP contribution in [0.4, 0.5) is 10.6 Å². The van der Waals surface area contributed by atoms with Gasteiger partial charge in [-0.1, -0.05) is 43.0 Å². The Morgan fingerprint density at radius 3 is 2.37 bits per heavy atom. The van der Waals surface area contributed by atoms with E-state index in [2.05, 4.69) is 33.9 Å². The highest BCUT2D eigenvalue weighted by molar-refractivity contribution is 6.06. The van der Waals surface area contributed by atoms with Crippen molar-refractivity contribution in [1.82, 2.24) is 15.6 Å². The van der Waals surface area contributed by atoms with Crippen LogP contribution in [0.15, 0.2) is 41.9 Å². The first-order valence-electron chi connectivity index (χ1n) is 9.57. The summed E-state index contributed by atoms with van der Waals surface area (Å²) >= 11 is 0. The number of ether oxygens (including phenoxy) is 1. The van der Waals surface area contributed by atoms with Crippen LogP contribution in [0.25, 0.3) is 17.2 Å². The fourth-order valence-electron chi connectivity index (χ4n) is 3.04. The second-order valence-corrected chi connectivity index (χ2v) is 7.66. The summed E-state index contributed by atoms with van der Waals surface area (Å²) in [6, 6.07) is 8.80. The molecule has 0 aliphatic rings. The molecule has 2 aromatic rings. The standard InChI is InChI=1S/C23H28N4O3/c1-8-16-18(21(28)25-7)17(15-12-10-9-11-13-15)19(27-20(16)24-6)14(2)26-22(29)30-23(3,4)5/h8-14H,1,6H2,2-5,7H3,(H,25,28)(H,26,29). The van der Waals surface area contributed by atoms with E-state index < -0.39 is 17.7 Å². The van der Waals surface area contributed by atoms with Crippen LogP contribution in [0.3, 0.4) is 0 Å². The van der Waals surface area contributed by atoms with E-state index in [9.17, 15) is 9.59 Å². The summed E-state index contributed by atoms with van der Waals surface area (Å²) in [6.45, 7) is 14.5. The second kappa shape index (κ2) is 9.35. The number of hydrogen-bond donors (Lipinski definition) is 2. The van der Waals surface area contributed by atoms with Crippen LogP contribution in [0.5, 0.6) is 0 Å². The summed E-state index contributed by atoms with van der Waals surface area (Å²) < 4.78 is 5.37. The Bertz CT molecular complexity index is 963. The largest absolute Gasteiger partial charge is 0.444 e. The lowest BCUT2D eigenvalue weighted by atomic mass is 9.91. The fourth-order valence-corrected chi connectivity index (χ4v) is 3.04. The van der Waals surface area contributed by atoms with Gasteiger partial charge in [0.1, 0.15) is 5.60 Å². The number of benzene rings is 1. The van der Waals surface area contributed by atoms with Crippen LogP contribution in [-0.2, 0) is 4.74 Å². The quantitative estimate of drug-likeness (QED) is 0.680. The first-order chi connectivity index (χ1) is 14.1. The lowest BCUT2D eigenvalue weighted by molar-refractivity contribution is 0.0507. The second-order valence-electron chi connectivity index (χ2n) is 7.66. The molecule has 1 unspecified atom stereocenters. The average Bonchev–Trinajstić information content (AvgIpc) is 2.70. The summed E-state index contributed by atoms with van der Waals surface area (Å²) in [6.07, 6.45) is 0.947. The van der Waals surface area contributed by atoms with E-state index in [0.29, 0.717) is 22.4 Å². The molecule has 30 heavy (non-hydrogen) atoms. The van der Waals surface area contributed by atoms with E-state index in [1.807, 2.05) is 30.3 Å². The number of carbonyl (C=O) groups excluding carboxylic acids is 2. The molecule has 1 heterocycles. The zero-order chi connectivity index (χ0) is 22.5. The first kappa shape index (κ1) is 22.8. The molecule has 0 saturated carbocycles. The van der Waals surface area contributed by atoms with Gasteiger partial charge in [-0.05, 0) is 40.0 Å². The van der Waals surface area contributed by atoms with Crippen molar-refractivity contribution in [3.05, 3.63) is 53.7 Å². The van der Waals surface area contributed by atoms with Crippen molar-refractivity contribution in [3.8, 4) is 11.1 Å². The number of amides is 2. The van der Waals surface area contributed by atoms with Gasteiger partial charge in [-0.2, -0.15) is 0 Å². The van der Waals surface area contributed by atoms with Crippen LogP contribution < -0.4 is 10.6 Å². The Morgan fingerprint density at radius 2 is 1.87 bits per heavy atom. The Labute approximate surface area is 177 Å². The van der Waals surface area contributed by atoms with E-state index >= 15 is 0 Å². The maximum Gasteiger partial charge on any atom is 0.408 e. The molecule has 0 fully saturated rings. The predicted octanol–water partition coefficient (Wildman–Crippen LogP) is 4.67. The van der Waals surface area contributed by atoms with Crippen LogP contribution in [0.2, 0.25) is 0 Å². The van der Waals surface area contributed by atoms with Crippen molar-refractivity contribution in [3.63, 3.8) is 0 Å². The molecule has 2 N–H and O–H groups in total. The van der Waals surface area contributed by atoms with Crippen molar-refractivity contribution >= 4 is 30.6 Å². The average molecular weight is 409 g/mol. The normalized spacial score (nSPS) is 11.9. The molecule has 0 aliphatic heterocycles. The molecule has 2 rings (SSSR count). The molecular formula is C23H28N4O3. The van der Waals surface area contributed by atoms with Crippen LogP contribution >= 0.6 is 0 Å². The van der Waals surface area contributed by atoms with E-state index in [4.69, 9.17) is 4.74 Å². The van der Waals surface area contributed by atoms with Gasteiger partial charge in [-0.3, -0.25) is 4.79 Å². The van der Waals surface area contributed by atoms with Crippen molar-refractivity contribution < 1.29 is 14.3 Å². The minimum absolute atomic E-state index is 0.260. The predicted molar refractivity (Wildman–Crippen MR) is 120 cm³/mol. The van der Waals surface area contributed by atoms with E-state index in [-0.39, 0.29) is 11.7 Å². The molecular weight excluding hydrogens is 380 g/mol. The van der Waals surface area contributed by atoms with E-state index in [1.165, 1.54) is 6.08 Å². The highest BCUT2D eigenvalue weighted by atomic mass is 16.6. The Morgan fingerprint density at radius 1 is 1.23 bits per heavy atom. The Balaban J connectivity index is 2.75. The van der Waals surface area contributed by atoms with Gasteiger partial charge in [-0.25, -0.2) is 14.8 Å². The number of aliphatic imine (C=N–C) groups is 1. The number of alkyl carbamates (subject to hydrolysis) is 1. The number of pyridine rings is 1. The van der Waals surface area contributed by atoms with Gasteiger partial charge in [-0.15, -0.1) is 0 Å². The van der Waals surface area contributed by atoms with Gasteiger partial charge in [0.2, 0.25) is 0 Å². The van der Waals surface area contributed by atoms with Gasteiger partial charge in [0, 0.05) is 18.2 Å². The molecule has 158 valence electrons. The van der Waals surface area contributed by atoms with Crippen LogP contribution in [0, 0.1) is 0 Å². The number of nitrogens with zero attached hydrogens (tertiary/aromatic N) is 2. The lowest BCUT2D eigenvalue weighted by Crippen LogP contribution is -2.34. The molecule has 0 bridgehead atoms. The minimum atomic E-state index is -0.646. The summed E-state index contributed by atoms with van der Waals surface area (Å²) in [5.41, 5.74) is 2.02. The minimum Gasteiger partial charge on any atom is -0.444 e. The third-order valence-corrected chi connectivity index (χ3v) is 4.26. The summed E-state index contributed by atoms with van der Waals surface area (Å²) in [5.74, 6) is -0.0575. The third-order valence-electron chi connectivity index (χ3n) is 4.26. The summed E-state index contributed by atoms with van der Waals surface area (Å²) in [4.78, 5) is 33.8. The van der Waals surface area contributed by atoms with Gasteiger partial charge < -0.3 is 15.4 Å². The molecule has 0 radical (unpaired) electrons. The molecule has 1 aromatic carbocycles. The molecule has 7 heteroatoms. The fraction of sp³-hybridized carbons (Fsp3) is 0.304. The number of nitrogens with one attached hydrogen (secondary N) is 2. The molecule has 2 amide bonds. The number of carbonyl (C=O) groups is 2. The maximum absolute atomic E-state index is 12.9. The monoisotopic (exact) mass is 408 g/mol. The molecule has 1 atom stereocenters. The number of rotatable bonds is 6. The van der Waals surface area contributed by atoms with Gasteiger partial charge in [0.15, 0.2) is 5.82 Å². The highest BCUT2D eigenvalue weighted by Gasteiger charge is 2.27. The van der Waals surface area contributed by atoms with Crippen molar-refractivity contribution in [1.29, 1.82) is 0 Å². The van der Waals surface area contributed by atoms with Crippen LogP contribution in [-0.4, -0.2) is 36.4 Å². The molecule has 1 aromatic heterocycles. The van der Waals surface area contributed by atoms with Gasteiger partial charge in [0.05, 0.1) is 17.3 Å². The zero-order valence-electron chi connectivity index (χ0n) is 18.1. The zero-order valence-corrected chi connectivity index (χ0v) is 18.1. The van der Waals surface area contributed by atoms with Gasteiger partial charge >= 0.3 is 6.09 Å². The SMILES string of the molecule is C=Cc1c(N=C)nc(C(C)NC(=O)OC(C)(C)C)c(-c2ccccc2)c1C(=O)NC. The smallest absolute Gasteiger partial charge is 0.408 e. The summed E-state index contributed by atoms with van der Waals surface area (Å²) in [5, 5.41) is 5.46. The topological polar surface area (TPSA) is 92.7 Å². The van der Waals surface area contributed by atoms with Gasteiger partial charge in [0.25, 0.3) is 5.91 Å². The van der Waals surface area contributed by atoms with E-state index in [1.54, 1.807) is 34.7 Å². The molecule has 0 aliphatic carbocycles. The lowest BCUT2D eigenvalue weighted by Gasteiger charge is -2.24. The molecule has 0 saturated heterocycles. The first-order valence-corrected chi connectivity index (χ1v) is 9.57. The molecule has 7 nitrogen and oxygen atoms in total. The highest BCUT2D eigenvalue weighted by Crippen LogP contribution is 2.37. The number of hydrogen-bond acceptors (Lipinski definition) is 5. The van der Waals surface area contributed by atoms with Crippen molar-refractivity contribution in [2.24, 2.45) is 4.99 Å². The Kier molecular flexibility index (Phi) is 7.10. The molecule has 0 spiro atoms. The van der Waals surface area contributed by atoms with Crippen molar-refractivity contribution in [2.45, 2.75) is 39.3 Å². The van der Waals surface area contributed by atoms with Crippen molar-refractivity contribution in [2.75, 3.05) is 7.05 Å². The maximum atomic E-state index is 12.9. The van der Waals surface area contributed by atoms with E-state index in [0.717, 1.165) is 5.56 Å². The number of aromatic nitrogens is 1.